The van der Waals surface area contributed by atoms with Crippen molar-refractivity contribution in [2.75, 3.05) is 0 Å². The van der Waals surface area contributed by atoms with Crippen molar-refractivity contribution in [1.29, 1.82) is 0 Å². The van der Waals surface area contributed by atoms with Crippen LogP contribution in [0.1, 0.15) is 29.8 Å². The maximum absolute atomic E-state index is 9.74. The van der Waals surface area contributed by atoms with E-state index in [0.717, 1.165) is 22.6 Å². The summed E-state index contributed by atoms with van der Waals surface area (Å²) in [6, 6.07) is 5.82. The molecule has 0 saturated heterocycles. The molecule has 2 rings (SSSR count). The lowest BCUT2D eigenvalue weighted by atomic mass is 10.1. The van der Waals surface area contributed by atoms with Crippen LogP contribution < -0.4 is 4.74 Å². The van der Waals surface area contributed by atoms with Crippen LogP contribution in [0.15, 0.2) is 30.7 Å². The van der Waals surface area contributed by atoms with Crippen molar-refractivity contribution in [2.24, 2.45) is 7.05 Å². The Labute approximate surface area is 107 Å². The predicted molar refractivity (Wildman–Crippen MR) is 69.4 cm³/mol. The fourth-order valence-electron chi connectivity index (χ4n) is 1.80. The van der Waals surface area contributed by atoms with Gasteiger partial charge in [-0.3, -0.25) is 0 Å². The van der Waals surface area contributed by atoms with Crippen LogP contribution in [0.5, 0.6) is 5.75 Å². The molecule has 1 aromatic carbocycles. The third-order valence-corrected chi connectivity index (χ3v) is 2.91. The second-order valence-corrected chi connectivity index (χ2v) is 4.50. The SMILES string of the molecule is Cc1ccc(OCc2cncn2C)c(C(C)O)c1. The number of rotatable bonds is 4. The predicted octanol–water partition coefficient (Wildman–Crippen LogP) is 2.36. The Bertz CT molecular complexity index is 532. The summed E-state index contributed by atoms with van der Waals surface area (Å²) in [5.41, 5.74) is 2.92. The minimum absolute atomic E-state index is 0.444. The third-order valence-electron chi connectivity index (χ3n) is 2.91. The minimum Gasteiger partial charge on any atom is -0.487 e. The summed E-state index contributed by atoms with van der Waals surface area (Å²) < 4.78 is 7.67. The molecule has 1 heterocycles. The van der Waals surface area contributed by atoms with Gasteiger partial charge in [-0.25, -0.2) is 4.98 Å². The van der Waals surface area contributed by atoms with E-state index in [2.05, 4.69) is 4.98 Å². The molecule has 0 aliphatic heterocycles. The van der Waals surface area contributed by atoms with Crippen LogP contribution in [-0.4, -0.2) is 14.7 Å². The lowest BCUT2D eigenvalue weighted by molar-refractivity contribution is 0.189. The van der Waals surface area contributed by atoms with E-state index < -0.39 is 6.10 Å². The van der Waals surface area contributed by atoms with Crippen molar-refractivity contribution in [3.8, 4) is 5.75 Å². The number of aromatic nitrogens is 2. The monoisotopic (exact) mass is 246 g/mol. The molecule has 4 nitrogen and oxygen atoms in total. The van der Waals surface area contributed by atoms with E-state index >= 15 is 0 Å². The zero-order valence-electron chi connectivity index (χ0n) is 10.9. The summed E-state index contributed by atoms with van der Waals surface area (Å²) in [6.07, 6.45) is 2.98. The Morgan fingerprint density at radius 3 is 2.83 bits per heavy atom. The molecule has 0 bridgehead atoms. The van der Waals surface area contributed by atoms with E-state index in [9.17, 15) is 5.11 Å². The molecule has 96 valence electrons. The molecule has 0 aliphatic rings. The maximum Gasteiger partial charge on any atom is 0.130 e. The summed E-state index contributed by atoms with van der Waals surface area (Å²) in [4.78, 5) is 4.04. The van der Waals surface area contributed by atoms with Crippen molar-refractivity contribution >= 4 is 0 Å². The summed E-state index contributed by atoms with van der Waals surface area (Å²) >= 11 is 0. The normalized spacial score (nSPS) is 12.4. The molecule has 0 saturated carbocycles. The highest BCUT2D eigenvalue weighted by Crippen LogP contribution is 2.26. The van der Waals surface area contributed by atoms with Gasteiger partial charge in [0.1, 0.15) is 12.4 Å². The number of imidazole rings is 1. The van der Waals surface area contributed by atoms with E-state index in [0.29, 0.717) is 6.61 Å². The van der Waals surface area contributed by atoms with Crippen LogP contribution in [0.4, 0.5) is 0 Å². The number of aliphatic hydroxyl groups is 1. The van der Waals surface area contributed by atoms with Crippen molar-refractivity contribution < 1.29 is 9.84 Å². The van der Waals surface area contributed by atoms with Gasteiger partial charge in [-0.15, -0.1) is 0 Å². The van der Waals surface area contributed by atoms with Gasteiger partial charge in [0, 0.05) is 12.6 Å². The third kappa shape index (κ3) is 2.71. The first-order chi connectivity index (χ1) is 8.58. The second-order valence-electron chi connectivity index (χ2n) is 4.50. The summed E-state index contributed by atoms with van der Waals surface area (Å²) in [5, 5.41) is 9.74. The van der Waals surface area contributed by atoms with Gasteiger partial charge in [0.25, 0.3) is 0 Å². The number of hydrogen-bond donors (Lipinski definition) is 1. The lowest BCUT2D eigenvalue weighted by Crippen LogP contribution is -2.04. The summed E-state index contributed by atoms with van der Waals surface area (Å²) in [6.45, 7) is 4.18. The Kier molecular flexibility index (Phi) is 3.67. The Balaban J connectivity index is 2.16. The number of aliphatic hydroxyl groups excluding tert-OH is 1. The number of aryl methyl sites for hydroxylation is 2. The van der Waals surface area contributed by atoms with Crippen LogP contribution in [0.2, 0.25) is 0 Å². The van der Waals surface area contributed by atoms with Gasteiger partial charge in [-0.05, 0) is 26.0 Å². The zero-order chi connectivity index (χ0) is 13.1. The van der Waals surface area contributed by atoms with Crippen molar-refractivity contribution in [3.05, 3.63) is 47.5 Å². The molecule has 4 heteroatoms. The first-order valence-corrected chi connectivity index (χ1v) is 5.94. The summed E-state index contributed by atoms with van der Waals surface area (Å²) in [5.74, 6) is 0.719. The Hall–Kier alpha value is -1.81. The number of ether oxygens (including phenoxy) is 1. The molecule has 1 atom stereocenters. The van der Waals surface area contributed by atoms with Crippen LogP contribution >= 0.6 is 0 Å². The van der Waals surface area contributed by atoms with E-state index in [-0.39, 0.29) is 0 Å². The van der Waals surface area contributed by atoms with Gasteiger partial charge in [-0.1, -0.05) is 11.6 Å². The first-order valence-electron chi connectivity index (χ1n) is 5.94. The topological polar surface area (TPSA) is 47.3 Å². The van der Waals surface area contributed by atoms with Gasteiger partial charge < -0.3 is 14.4 Å². The van der Waals surface area contributed by atoms with E-state index in [1.165, 1.54) is 0 Å². The Morgan fingerprint density at radius 2 is 2.22 bits per heavy atom. The lowest BCUT2D eigenvalue weighted by Gasteiger charge is -2.14. The Morgan fingerprint density at radius 1 is 1.44 bits per heavy atom. The molecular formula is C14H18N2O2. The van der Waals surface area contributed by atoms with Crippen LogP contribution in [0.25, 0.3) is 0 Å². The van der Waals surface area contributed by atoms with E-state index in [1.54, 1.807) is 19.4 Å². The van der Waals surface area contributed by atoms with E-state index in [4.69, 9.17) is 4.74 Å². The fraction of sp³-hybridized carbons (Fsp3) is 0.357. The van der Waals surface area contributed by atoms with Gasteiger partial charge >= 0.3 is 0 Å². The van der Waals surface area contributed by atoms with Crippen LogP contribution in [-0.2, 0) is 13.7 Å². The number of hydrogen-bond acceptors (Lipinski definition) is 3. The highest BCUT2D eigenvalue weighted by Gasteiger charge is 2.10. The highest BCUT2D eigenvalue weighted by molar-refractivity contribution is 5.38. The number of benzene rings is 1. The summed E-state index contributed by atoms with van der Waals surface area (Å²) in [7, 11) is 1.93. The van der Waals surface area contributed by atoms with Gasteiger partial charge in [0.2, 0.25) is 0 Å². The van der Waals surface area contributed by atoms with Crippen LogP contribution in [0, 0.1) is 6.92 Å². The highest BCUT2D eigenvalue weighted by atomic mass is 16.5. The number of nitrogens with zero attached hydrogens (tertiary/aromatic N) is 2. The molecule has 2 aromatic rings. The maximum atomic E-state index is 9.74. The molecule has 0 radical (unpaired) electrons. The molecule has 0 amide bonds. The molecule has 0 spiro atoms. The molecule has 1 N–H and O–H groups in total. The molecule has 1 unspecified atom stereocenters. The standard InChI is InChI=1S/C14H18N2O2/c1-10-4-5-14(13(6-10)11(2)17)18-8-12-7-15-9-16(12)3/h4-7,9,11,17H,8H2,1-3H3. The smallest absolute Gasteiger partial charge is 0.130 e. The van der Waals surface area contributed by atoms with Crippen molar-refractivity contribution in [3.63, 3.8) is 0 Å². The fourth-order valence-corrected chi connectivity index (χ4v) is 1.80. The average Bonchev–Trinajstić information content (AvgIpc) is 2.73. The minimum atomic E-state index is -0.536. The van der Waals surface area contributed by atoms with Crippen LogP contribution in [0.3, 0.4) is 0 Å². The van der Waals surface area contributed by atoms with Crippen molar-refractivity contribution in [2.45, 2.75) is 26.6 Å². The van der Waals surface area contributed by atoms with Gasteiger partial charge in [0.05, 0.1) is 24.3 Å². The first kappa shape index (κ1) is 12.6. The molecule has 18 heavy (non-hydrogen) atoms. The van der Waals surface area contributed by atoms with Gasteiger partial charge in [-0.2, -0.15) is 0 Å². The quantitative estimate of drug-likeness (QED) is 0.900. The van der Waals surface area contributed by atoms with Crippen molar-refractivity contribution in [1.82, 2.24) is 9.55 Å². The molecule has 0 fully saturated rings. The molecule has 1 aromatic heterocycles. The molecule has 0 aliphatic carbocycles. The second kappa shape index (κ2) is 5.23. The van der Waals surface area contributed by atoms with E-state index in [1.807, 2.05) is 36.7 Å². The van der Waals surface area contributed by atoms with Gasteiger partial charge in [0.15, 0.2) is 0 Å². The molecular weight excluding hydrogens is 228 g/mol. The average molecular weight is 246 g/mol. The largest absolute Gasteiger partial charge is 0.487 e. The zero-order valence-corrected chi connectivity index (χ0v) is 10.9.